The molecule has 2 nitrogen and oxygen atoms in total. The lowest BCUT2D eigenvalue weighted by atomic mass is 10.0. The van der Waals surface area contributed by atoms with Crippen LogP contribution in [0.4, 0.5) is 0 Å². The van der Waals surface area contributed by atoms with Gasteiger partial charge in [-0.1, -0.05) is 48.5 Å². The number of hydrogen-bond donors (Lipinski definition) is 0. The van der Waals surface area contributed by atoms with Gasteiger partial charge in [-0.15, -0.1) is 11.5 Å². The van der Waals surface area contributed by atoms with Gasteiger partial charge in [0.05, 0.1) is 6.10 Å². The van der Waals surface area contributed by atoms with Crippen molar-refractivity contribution in [3.63, 3.8) is 0 Å². The van der Waals surface area contributed by atoms with E-state index in [1.807, 2.05) is 6.92 Å². The van der Waals surface area contributed by atoms with Gasteiger partial charge in [0, 0.05) is 12.3 Å². The molecule has 0 bridgehead atoms. The summed E-state index contributed by atoms with van der Waals surface area (Å²) in [5.74, 6) is 3.32. The van der Waals surface area contributed by atoms with E-state index >= 15 is 0 Å². The van der Waals surface area contributed by atoms with Crippen molar-refractivity contribution in [1.29, 1.82) is 0 Å². The van der Waals surface area contributed by atoms with Crippen LogP contribution in [0.2, 0.25) is 36.3 Å². The van der Waals surface area contributed by atoms with Crippen molar-refractivity contribution >= 4 is 22.7 Å². The average molecular weight is 355 g/mol. The van der Waals surface area contributed by atoms with Crippen molar-refractivity contribution in [2.75, 3.05) is 0 Å². The molecule has 0 saturated carbocycles. The second-order valence-corrected chi connectivity index (χ2v) is 17.9. The normalized spacial score (nSPS) is 15.5. The van der Waals surface area contributed by atoms with E-state index in [0.717, 1.165) is 6.29 Å². The third kappa shape index (κ3) is 6.56. The topological polar surface area (TPSA) is 26.3 Å². The average Bonchev–Trinajstić information content (AvgIpc) is 2.49. The van der Waals surface area contributed by atoms with Gasteiger partial charge in [0.15, 0.2) is 8.32 Å². The van der Waals surface area contributed by atoms with Crippen LogP contribution in [0.3, 0.4) is 0 Å². The highest BCUT2D eigenvalue weighted by Gasteiger charge is 2.40. The Morgan fingerprint density at radius 2 is 1.57 bits per heavy atom. The first-order valence-corrected chi connectivity index (χ1v) is 14.6. The van der Waals surface area contributed by atoms with E-state index in [2.05, 4.69) is 66.1 Å². The quantitative estimate of drug-likeness (QED) is 0.320. The third-order valence-electron chi connectivity index (χ3n) is 5.74. The zero-order chi connectivity index (χ0) is 18.3. The van der Waals surface area contributed by atoms with Crippen LogP contribution in [-0.4, -0.2) is 28.8 Å². The van der Waals surface area contributed by atoms with Crippen LogP contribution in [-0.2, 0) is 9.22 Å². The van der Waals surface area contributed by atoms with Crippen molar-refractivity contribution in [1.82, 2.24) is 0 Å². The number of aldehydes is 1. The van der Waals surface area contributed by atoms with Gasteiger partial charge in [0.1, 0.15) is 14.4 Å². The maximum Gasteiger partial charge on any atom is 0.192 e. The van der Waals surface area contributed by atoms with Crippen LogP contribution in [0.15, 0.2) is 0 Å². The zero-order valence-electron chi connectivity index (χ0n) is 16.9. The van der Waals surface area contributed by atoms with Crippen molar-refractivity contribution in [2.45, 2.75) is 97.3 Å². The number of carbonyl (C=O) groups excluding carboxylic acids is 1. The number of carbonyl (C=O) groups is 1. The highest BCUT2D eigenvalue weighted by atomic mass is 28.4. The Balaban J connectivity index is 5.23. The molecule has 0 aromatic carbocycles. The van der Waals surface area contributed by atoms with Crippen LogP contribution in [0.25, 0.3) is 0 Å². The van der Waals surface area contributed by atoms with Gasteiger partial charge < -0.3 is 9.22 Å². The Bertz CT molecular complexity index is 415. The molecule has 0 fully saturated rings. The summed E-state index contributed by atoms with van der Waals surface area (Å²) in [7, 11) is -3.30. The molecular formula is C19H38O2Si2. The monoisotopic (exact) mass is 354 g/mol. The molecule has 0 spiro atoms. The molecule has 0 amide bonds. The van der Waals surface area contributed by atoms with E-state index in [9.17, 15) is 4.79 Å². The Labute approximate surface area is 146 Å². The summed E-state index contributed by atoms with van der Waals surface area (Å²) in [6.45, 7) is 20.0. The van der Waals surface area contributed by atoms with Crippen LogP contribution in [0.1, 0.15) is 54.9 Å². The Kier molecular flexibility index (Phi) is 9.05. The first kappa shape index (κ1) is 22.6. The van der Waals surface area contributed by atoms with Crippen LogP contribution in [0.5, 0.6) is 0 Å². The molecule has 0 aliphatic heterocycles. The third-order valence-corrected chi connectivity index (χ3v) is 15.0. The van der Waals surface area contributed by atoms with Gasteiger partial charge in [-0.25, -0.2) is 0 Å². The zero-order valence-corrected chi connectivity index (χ0v) is 18.9. The van der Waals surface area contributed by atoms with E-state index in [0.29, 0.717) is 6.42 Å². The van der Waals surface area contributed by atoms with Crippen molar-refractivity contribution in [2.24, 2.45) is 5.92 Å². The molecule has 0 rings (SSSR count). The molecule has 0 saturated heterocycles. The molecule has 23 heavy (non-hydrogen) atoms. The lowest BCUT2D eigenvalue weighted by Crippen LogP contribution is -2.45. The van der Waals surface area contributed by atoms with E-state index < -0.39 is 16.4 Å². The molecule has 0 aliphatic carbocycles. The summed E-state index contributed by atoms with van der Waals surface area (Å²) in [5.41, 5.74) is 3.62. The molecule has 0 radical (unpaired) electrons. The van der Waals surface area contributed by atoms with Crippen molar-refractivity contribution in [3.8, 4) is 11.5 Å². The predicted molar refractivity (Wildman–Crippen MR) is 107 cm³/mol. The van der Waals surface area contributed by atoms with Gasteiger partial charge in [0.2, 0.25) is 0 Å². The van der Waals surface area contributed by atoms with Gasteiger partial charge in [0.25, 0.3) is 0 Å². The van der Waals surface area contributed by atoms with Gasteiger partial charge in [-0.05, 0) is 36.3 Å². The van der Waals surface area contributed by atoms with Gasteiger partial charge in [-0.2, -0.15) is 0 Å². The SMILES string of the molecule is CC[Si](C#CC[C@@H](O[Si](C)(C)C(C)(C)C)[C@H](C)C=O)(CC)CC. The maximum atomic E-state index is 11.3. The van der Waals surface area contributed by atoms with Gasteiger partial charge in [-0.3, -0.25) is 0 Å². The lowest BCUT2D eigenvalue weighted by molar-refractivity contribution is -0.113. The molecule has 2 atom stereocenters. The van der Waals surface area contributed by atoms with E-state index in [1.165, 1.54) is 18.1 Å². The largest absolute Gasteiger partial charge is 0.412 e. The maximum absolute atomic E-state index is 11.3. The molecule has 134 valence electrons. The predicted octanol–water partition coefficient (Wildman–Crippen LogP) is 5.65. The standard InChI is InChI=1S/C19H38O2Si2/c1-10-23(11-2,12-3)15-13-14-18(17(4)16-20)21-22(8,9)19(5,6)7/h16-18H,10-12,14H2,1-9H3/t17-,18-/m1/s1. The smallest absolute Gasteiger partial charge is 0.192 e. The van der Waals surface area contributed by atoms with Gasteiger partial charge >= 0.3 is 0 Å². The highest BCUT2D eigenvalue weighted by Crippen LogP contribution is 2.38. The second-order valence-electron chi connectivity index (χ2n) is 8.26. The molecule has 0 heterocycles. The minimum Gasteiger partial charge on any atom is -0.412 e. The lowest BCUT2D eigenvalue weighted by Gasteiger charge is -2.39. The summed E-state index contributed by atoms with van der Waals surface area (Å²) in [5, 5.41) is 0.149. The van der Waals surface area contributed by atoms with Crippen LogP contribution < -0.4 is 0 Å². The Morgan fingerprint density at radius 1 is 1.09 bits per heavy atom. The first-order valence-electron chi connectivity index (χ1n) is 9.11. The molecule has 0 aromatic heterocycles. The van der Waals surface area contributed by atoms with Crippen LogP contribution in [0, 0.1) is 17.4 Å². The number of hydrogen-bond acceptors (Lipinski definition) is 2. The molecule has 0 unspecified atom stereocenters. The number of rotatable bonds is 8. The van der Waals surface area contributed by atoms with E-state index in [-0.39, 0.29) is 17.1 Å². The second kappa shape index (κ2) is 9.20. The summed E-state index contributed by atoms with van der Waals surface area (Å²) in [4.78, 5) is 11.3. The fraction of sp³-hybridized carbons (Fsp3) is 0.842. The summed E-state index contributed by atoms with van der Waals surface area (Å²) in [6, 6.07) is 3.64. The van der Waals surface area contributed by atoms with E-state index in [4.69, 9.17) is 4.43 Å². The Morgan fingerprint density at radius 3 is 1.91 bits per heavy atom. The molecule has 0 aliphatic rings. The Hall–Kier alpha value is -0.376. The van der Waals surface area contributed by atoms with Crippen molar-refractivity contribution < 1.29 is 9.22 Å². The molecule has 0 N–H and O–H groups in total. The highest BCUT2D eigenvalue weighted by molar-refractivity contribution is 6.87. The molecule has 4 heteroatoms. The molecule has 0 aromatic rings. The summed E-state index contributed by atoms with van der Waals surface area (Å²) in [6.07, 6.45) is 1.63. The minimum absolute atomic E-state index is 0.0711. The van der Waals surface area contributed by atoms with E-state index in [1.54, 1.807) is 0 Å². The fourth-order valence-electron chi connectivity index (χ4n) is 2.33. The first-order chi connectivity index (χ1) is 10.5. The van der Waals surface area contributed by atoms with Crippen LogP contribution >= 0.6 is 0 Å². The summed E-state index contributed by atoms with van der Waals surface area (Å²) >= 11 is 0. The summed E-state index contributed by atoms with van der Waals surface area (Å²) < 4.78 is 6.49. The molecular weight excluding hydrogens is 316 g/mol. The minimum atomic E-state index is -1.88. The van der Waals surface area contributed by atoms with Crippen molar-refractivity contribution in [3.05, 3.63) is 0 Å². The fourth-order valence-corrected chi connectivity index (χ4v) is 6.25.